The molecule has 21 heavy (non-hydrogen) atoms. The zero-order valence-electron chi connectivity index (χ0n) is 13.3. The van der Waals surface area contributed by atoms with Crippen molar-refractivity contribution >= 4 is 0 Å². The van der Waals surface area contributed by atoms with E-state index in [2.05, 4.69) is 37.4 Å². The summed E-state index contributed by atoms with van der Waals surface area (Å²) in [6.45, 7) is 6.24. The average molecular weight is 285 g/mol. The minimum atomic E-state index is -0.146. The van der Waals surface area contributed by atoms with Gasteiger partial charge in [-0.3, -0.25) is 0 Å². The highest BCUT2D eigenvalue weighted by Crippen LogP contribution is 2.27. The van der Waals surface area contributed by atoms with E-state index in [9.17, 15) is 4.39 Å². The molecule has 1 N–H and O–H groups in total. The zero-order chi connectivity index (χ0) is 15.4. The van der Waals surface area contributed by atoms with Gasteiger partial charge in [0, 0.05) is 5.56 Å². The molecule has 0 aliphatic carbocycles. The first-order valence-corrected chi connectivity index (χ1v) is 7.65. The van der Waals surface area contributed by atoms with Crippen LogP contribution in [0.4, 0.5) is 4.39 Å². The van der Waals surface area contributed by atoms with Crippen LogP contribution in [0.5, 0.6) is 0 Å². The van der Waals surface area contributed by atoms with Gasteiger partial charge >= 0.3 is 0 Å². The molecule has 2 aromatic rings. The maximum Gasteiger partial charge on any atom is 0.128 e. The first-order valence-electron chi connectivity index (χ1n) is 7.65. The van der Waals surface area contributed by atoms with E-state index in [-0.39, 0.29) is 11.9 Å². The van der Waals surface area contributed by atoms with Gasteiger partial charge in [0.25, 0.3) is 0 Å². The van der Waals surface area contributed by atoms with Gasteiger partial charge in [-0.1, -0.05) is 44.2 Å². The molecule has 0 aliphatic rings. The molecule has 0 aliphatic heterocycles. The molecule has 1 nitrogen and oxygen atoms in total. The Hall–Kier alpha value is -1.67. The van der Waals surface area contributed by atoms with Crippen molar-refractivity contribution in [3.05, 3.63) is 70.0 Å². The molecule has 0 heterocycles. The fourth-order valence-corrected chi connectivity index (χ4v) is 2.87. The maximum atomic E-state index is 14.3. The van der Waals surface area contributed by atoms with Crippen LogP contribution in [0.2, 0.25) is 0 Å². The second-order valence-electron chi connectivity index (χ2n) is 5.48. The quantitative estimate of drug-likeness (QED) is 0.848. The maximum absolute atomic E-state index is 14.3. The second kappa shape index (κ2) is 6.86. The number of rotatable bonds is 5. The van der Waals surface area contributed by atoms with E-state index < -0.39 is 0 Å². The number of halogens is 1. The number of nitrogens with one attached hydrogen (secondary N) is 1. The van der Waals surface area contributed by atoms with Gasteiger partial charge in [0.05, 0.1) is 6.04 Å². The lowest BCUT2D eigenvalue weighted by molar-refractivity contribution is 0.575. The molecule has 1 atom stereocenters. The normalized spacial score (nSPS) is 12.4. The van der Waals surface area contributed by atoms with Crippen LogP contribution in [0.25, 0.3) is 0 Å². The molecule has 0 saturated heterocycles. The van der Waals surface area contributed by atoms with Crippen LogP contribution in [0.15, 0.2) is 36.4 Å². The first-order chi connectivity index (χ1) is 10.1. The lowest BCUT2D eigenvalue weighted by Crippen LogP contribution is -2.19. The summed E-state index contributed by atoms with van der Waals surface area (Å²) in [5, 5.41) is 3.24. The molecule has 0 radical (unpaired) electrons. The number of benzene rings is 2. The molecular formula is C19H24FN. The lowest BCUT2D eigenvalue weighted by Gasteiger charge is -2.20. The minimum absolute atomic E-state index is 0.109. The smallest absolute Gasteiger partial charge is 0.128 e. The third kappa shape index (κ3) is 3.33. The van der Waals surface area contributed by atoms with Crippen molar-refractivity contribution in [1.29, 1.82) is 0 Å². The average Bonchev–Trinajstić information content (AvgIpc) is 2.49. The van der Waals surface area contributed by atoms with Gasteiger partial charge in [0.1, 0.15) is 5.82 Å². The largest absolute Gasteiger partial charge is 0.309 e. The summed E-state index contributed by atoms with van der Waals surface area (Å²) in [5.41, 5.74) is 5.49. The summed E-state index contributed by atoms with van der Waals surface area (Å²) in [7, 11) is 1.88. The number of hydrogen-bond acceptors (Lipinski definition) is 1. The van der Waals surface area contributed by atoms with Gasteiger partial charge in [-0.15, -0.1) is 0 Å². The van der Waals surface area contributed by atoms with Crippen molar-refractivity contribution in [3.63, 3.8) is 0 Å². The Bertz CT molecular complexity index is 619. The van der Waals surface area contributed by atoms with Crippen LogP contribution in [-0.4, -0.2) is 7.05 Å². The Morgan fingerprint density at radius 1 is 1.00 bits per heavy atom. The third-order valence-electron chi connectivity index (χ3n) is 4.08. The summed E-state index contributed by atoms with van der Waals surface area (Å²) in [5.74, 6) is -0.146. The van der Waals surface area contributed by atoms with E-state index >= 15 is 0 Å². The predicted octanol–water partition coefficient (Wildman–Crippen LogP) is 4.57. The van der Waals surface area contributed by atoms with Crippen molar-refractivity contribution in [2.45, 2.75) is 39.7 Å². The Morgan fingerprint density at radius 3 is 2.29 bits per heavy atom. The molecule has 0 bridgehead atoms. The Morgan fingerprint density at radius 2 is 1.71 bits per heavy atom. The molecule has 0 aromatic heterocycles. The molecule has 1 unspecified atom stereocenters. The van der Waals surface area contributed by atoms with Crippen LogP contribution < -0.4 is 5.32 Å². The Labute approximate surface area is 127 Å². The molecule has 0 spiro atoms. The molecule has 2 heteroatoms. The molecule has 0 saturated carbocycles. The van der Waals surface area contributed by atoms with Gasteiger partial charge in [0.2, 0.25) is 0 Å². The molecule has 0 fully saturated rings. The van der Waals surface area contributed by atoms with Crippen LogP contribution in [0.1, 0.15) is 47.7 Å². The monoisotopic (exact) mass is 285 g/mol. The van der Waals surface area contributed by atoms with Crippen molar-refractivity contribution in [1.82, 2.24) is 5.32 Å². The van der Waals surface area contributed by atoms with Gasteiger partial charge in [0.15, 0.2) is 0 Å². The van der Waals surface area contributed by atoms with Crippen molar-refractivity contribution in [2.75, 3.05) is 7.05 Å². The molecule has 112 valence electrons. The highest BCUT2D eigenvalue weighted by atomic mass is 19.1. The fourth-order valence-electron chi connectivity index (χ4n) is 2.87. The SMILES string of the molecule is CCc1ccc(C(NC)c2ccc(C)cc2F)cc1CC. The summed E-state index contributed by atoms with van der Waals surface area (Å²) < 4.78 is 14.3. The van der Waals surface area contributed by atoms with Crippen molar-refractivity contribution in [2.24, 2.45) is 0 Å². The lowest BCUT2D eigenvalue weighted by atomic mass is 9.92. The summed E-state index contributed by atoms with van der Waals surface area (Å²) in [6.07, 6.45) is 2.04. The molecule has 0 amide bonds. The highest BCUT2D eigenvalue weighted by Gasteiger charge is 2.17. The topological polar surface area (TPSA) is 12.0 Å². The van der Waals surface area contributed by atoms with Crippen LogP contribution in [-0.2, 0) is 12.8 Å². The van der Waals surface area contributed by atoms with E-state index in [4.69, 9.17) is 0 Å². The summed E-state index contributed by atoms with van der Waals surface area (Å²) in [4.78, 5) is 0. The van der Waals surface area contributed by atoms with E-state index in [1.807, 2.05) is 26.1 Å². The Kier molecular flexibility index (Phi) is 5.13. The molecule has 2 rings (SSSR count). The van der Waals surface area contributed by atoms with Crippen molar-refractivity contribution in [3.8, 4) is 0 Å². The number of hydrogen-bond donors (Lipinski definition) is 1. The summed E-state index contributed by atoms with van der Waals surface area (Å²) >= 11 is 0. The van der Waals surface area contributed by atoms with Crippen LogP contribution >= 0.6 is 0 Å². The van der Waals surface area contributed by atoms with E-state index in [1.54, 1.807) is 6.07 Å². The third-order valence-corrected chi connectivity index (χ3v) is 4.08. The molecular weight excluding hydrogens is 261 g/mol. The summed E-state index contributed by atoms with van der Waals surface area (Å²) in [6, 6.07) is 11.8. The van der Waals surface area contributed by atoms with Gasteiger partial charge in [-0.2, -0.15) is 0 Å². The van der Waals surface area contributed by atoms with Crippen LogP contribution in [0, 0.1) is 12.7 Å². The van der Waals surface area contributed by atoms with Gasteiger partial charge in [-0.05, 0) is 55.1 Å². The standard InChI is InChI=1S/C19H24FN/c1-5-14-8-9-16(12-15(14)6-2)19(21-4)17-10-7-13(3)11-18(17)20/h7-12,19,21H,5-6H2,1-4H3. The fraction of sp³-hybridized carbons (Fsp3) is 0.368. The molecule has 2 aromatic carbocycles. The minimum Gasteiger partial charge on any atom is -0.309 e. The van der Waals surface area contributed by atoms with Crippen LogP contribution in [0.3, 0.4) is 0 Å². The zero-order valence-corrected chi connectivity index (χ0v) is 13.3. The van der Waals surface area contributed by atoms with E-state index in [1.165, 1.54) is 11.1 Å². The van der Waals surface area contributed by atoms with Gasteiger partial charge in [-0.25, -0.2) is 4.39 Å². The van der Waals surface area contributed by atoms with Crippen molar-refractivity contribution < 1.29 is 4.39 Å². The number of aryl methyl sites for hydroxylation is 3. The predicted molar refractivity (Wildman–Crippen MR) is 87.2 cm³/mol. The highest BCUT2D eigenvalue weighted by molar-refractivity contribution is 5.39. The second-order valence-corrected chi connectivity index (χ2v) is 5.48. The Balaban J connectivity index is 2.46. The van der Waals surface area contributed by atoms with Gasteiger partial charge < -0.3 is 5.32 Å². The van der Waals surface area contributed by atoms with E-state index in [0.717, 1.165) is 24.0 Å². The van der Waals surface area contributed by atoms with E-state index in [0.29, 0.717) is 5.56 Å². The first kappa shape index (κ1) is 15.7.